The number of carbonyl (C=O) groups is 1. The fourth-order valence-electron chi connectivity index (χ4n) is 1.69. The summed E-state index contributed by atoms with van der Waals surface area (Å²) in [5, 5.41) is 0. The molecule has 0 amide bonds. The highest BCUT2D eigenvalue weighted by molar-refractivity contribution is 7.88. The van der Waals surface area contributed by atoms with Gasteiger partial charge in [0, 0.05) is 19.5 Å². The van der Waals surface area contributed by atoms with Gasteiger partial charge < -0.3 is 4.74 Å². The Balaban J connectivity index is 2.21. The van der Waals surface area contributed by atoms with Crippen molar-refractivity contribution in [2.24, 2.45) is 5.92 Å². The van der Waals surface area contributed by atoms with Gasteiger partial charge in [-0.25, -0.2) is 12.7 Å². The summed E-state index contributed by atoms with van der Waals surface area (Å²) in [5.74, 6) is 0.0764. The minimum Gasteiger partial charge on any atom is -0.460 e. The SMILES string of the molecule is CC(C)(C)OC(=O)CCC1CN(S(C)(=O)=O)C1. The molecule has 0 spiro atoms. The van der Waals surface area contributed by atoms with Gasteiger partial charge in [0.2, 0.25) is 10.0 Å². The van der Waals surface area contributed by atoms with Crippen LogP contribution in [0.25, 0.3) is 0 Å². The van der Waals surface area contributed by atoms with Gasteiger partial charge in [-0.3, -0.25) is 4.79 Å². The van der Waals surface area contributed by atoms with E-state index in [0.717, 1.165) is 0 Å². The standard InChI is InChI=1S/C11H21NO4S/c1-11(2,3)16-10(13)6-5-9-7-12(8-9)17(4,14)15/h9H,5-8H2,1-4H3. The molecule has 17 heavy (non-hydrogen) atoms. The highest BCUT2D eigenvalue weighted by Gasteiger charge is 2.33. The molecule has 1 saturated heterocycles. The second-order valence-corrected chi connectivity index (χ2v) is 7.55. The molecule has 0 aromatic carbocycles. The lowest BCUT2D eigenvalue weighted by Crippen LogP contribution is -2.49. The van der Waals surface area contributed by atoms with Crippen molar-refractivity contribution in [2.45, 2.75) is 39.2 Å². The molecule has 1 aliphatic heterocycles. The molecule has 6 heteroatoms. The number of esters is 1. The van der Waals surface area contributed by atoms with Crippen molar-refractivity contribution in [2.75, 3.05) is 19.3 Å². The van der Waals surface area contributed by atoms with E-state index in [1.54, 1.807) is 0 Å². The van der Waals surface area contributed by atoms with Crippen LogP contribution >= 0.6 is 0 Å². The van der Waals surface area contributed by atoms with E-state index in [0.29, 0.717) is 25.9 Å². The summed E-state index contributed by atoms with van der Waals surface area (Å²) in [4.78, 5) is 11.4. The summed E-state index contributed by atoms with van der Waals surface area (Å²) in [5.41, 5.74) is -0.449. The molecule has 100 valence electrons. The van der Waals surface area contributed by atoms with Crippen LogP contribution in [0.5, 0.6) is 0 Å². The zero-order chi connectivity index (χ0) is 13.3. The van der Waals surface area contributed by atoms with E-state index in [2.05, 4.69) is 0 Å². The Kier molecular flexibility index (Phi) is 4.19. The Morgan fingerprint density at radius 1 is 1.35 bits per heavy atom. The first-order valence-electron chi connectivity index (χ1n) is 5.75. The van der Waals surface area contributed by atoms with Gasteiger partial charge in [0.05, 0.1) is 6.26 Å². The van der Waals surface area contributed by atoms with Gasteiger partial charge >= 0.3 is 5.97 Å². The molecule has 0 N–H and O–H groups in total. The van der Waals surface area contributed by atoms with Crippen molar-refractivity contribution in [3.05, 3.63) is 0 Å². The molecule has 0 aromatic rings. The monoisotopic (exact) mass is 263 g/mol. The number of carbonyl (C=O) groups excluding carboxylic acids is 1. The van der Waals surface area contributed by atoms with E-state index in [1.807, 2.05) is 20.8 Å². The van der Waals surface area contributed by atoms with Crippen molar-refractivity contribution < 1.29 is 17.9 Å². The smallest absolute Gasteiger partial charge is 0.306 e. The summed E-state index contributed by atoms with van der Waals surface area (Å²) in [6.07, 6.45) is 2.26. The minimum atomic E-state index is -3.05. The van der Waals surface area contributed by atoms with Crippen LogP contribution in [0.3, 0.4) is 0 Å². The number of hydrogen-bond acceptors (Lipinski definition) is 4. The topological polar surface area (TPSA) is 63.7 Å². The summed E-state index contributed by atoms with van der Waals surface area (Å²) >= 11 is 0. The minimum absolute atomic E-state index is 0.213. The molecule has 1 heterocycles. The van der Waals surface area contributed by atoms with Crippen molar-refractivity contribution >= 4 is 16.0 Å². The van der Waals surface area contributed by atoms with Crippen molar-refractivity contribution in [1.29, 1.82) is 0 Å². The van der Waals surface area contributed by atoms with E-state index >= 15 is 0 Å². The molecule has 1 rings (SSSR count). The van der Waals surface area contributed by atoms with Crippen LogP contribution in [0.15, 0.2) is 0 Å². The number of ether oxygens (including phenoxy) is 1. The summed E-state index contributed by atoms with van der Waals surface area (Å²) in [6, 6.07) is 0. The normalized spacial score (nSPS) is 18.8. The van der Waals surface area contributed by atoms with Crippen molar-refractivity contribution in [1.82, 2.24) is 4.31 Å². The lowest BCUT2D eigenvalue weighted by atomic mass is 9.97. The van der Waals surface area contributed by atoms with Crippen LogP contribution in [0, 0.1) is 5.92 Å². The van der Waals surface area contributed by atoms with Gasteiger partial charge in [-0.1, -0.05) is 0 Å². The molecule has 5 nitrogen and oxygen atoms in total. The molecule has 1 aliphatic rings. The van der Waals surface area contributed by atoms with Crippen molar-refractivity contribution in [3.8, 4) is 0 Å². The second-order valence-electron chi connectivity index (χ2n) is 5.57. The Morgan fingerprint density at radius 2 is 1.88 bits per heavy atom. The predicted molar refractivity (Wildman–Crippen MR) is 65.0 cm³/mol. The molecule has 1 fully saturated rings. The largest absolute Gasteiger partial charge is 0.460 e. The number of sulfonamides is 1. The zero-order valence-electron chi connectivity index (χ0n) is 10.9. The summed E-state index contributed by atoms with van der Waals surface area (Å²) < 4.78 is 28.8. The van der Waals surface area contributed by atoms with Gasteiger partial charge in [-0.2, -0.15) is 0 Å². The third-order valence-electron chi connectivity index (χ3n) is 2.57. The van der Waals surface area contributed by atoms with E-state index in [4.69, 9.17) is 4.74 Å². The fourth-order valence-corrected chi connectivity index (χ4v) is 2.65. The number of rotatable bonds is 4. The maximum absolute atomic E-state index is 11.4. The highest BCUT2D eigenvalue weighted by Crippen LogP contribution is 2.23. The molecule has 0 saturated carbocycles. The van der Waals surface area contributed by atoms with Crippen LogP contribution in [0.4, 0.5) is 0 Å². The molecular weight excluding hydrogens is 242 g/mol. The lowest BCUT2D eigenvalue weighted by molar-refractivity contribution is -0.155. The number of hydrogen-bond donors (Lipinski definition) is 0. The van der Waals surface area contributed by atoms with E-state index in [1.165, 1.54) is 10.6 Å². The Morgan fingerprint density at radius 3 is 2.29 bits per heavy atom. The van der Waals surface area contributed by atoms with Crippen LogP contribution in [-0.4, -0.2) is 43.6 Å². The molecule has 0 bridgehead atoms. The molecule has 0 aromatic heterocycles. The average molecular weight is 263 g/mol. The van der Waals surface area contributed by atoms with Gasteiger partial charge in [-0.15, -0.1) is 0 Å². The molecule has 0 radical (unpaired) electrons. The average Bonchev–Trinajstić information content (AvgIpc) is 1.93. The molecular formula is C11H21NO4S. The fraction of sp³-hybridized carbons (Fsp3) is 0.909. The first-order valence-corrected chi connectivity index (χ1v) is 7.60. The highest BCUT2D eigenvalue weighted by atomic mass is 32.2. The van der Waals surface area contributed by atoms with Crippen molar-refractivity contribution in [3.63, 3.8) is 0 Å². The third kappa shape index (κ3) is 5.04. The van der Waals surface area contributed by atoms with Crippen LogP contribution in [0.1, 0.15) is 33.6 Å². The van der Waals surface area contributed by atoms with Gasteiger partial charge in [0.1, 0.15) is 5.60 Å². The molecule has 0 unspecified atom stereocenters. The Hall–Kier alpha value is -0.620. The Bertz CT molecular complexity index is 377. The molecule has 0 atom stereocenters. The zero-order valence-corrected chi connectivity index (χ0v) is 11.7. The van der Waals surface area contributed by atoms with E-state index in [9.17, 15) is 13.2 Å². The van der Waals surface area contributed by atoms with Gasteiger partial charge in [0.25, 0.3) is 0 Å². The van der Waals surface area contributed by atoms with Crippen LogP contribution in [0.2, 0.25) is 0 Å². The number of nitrogens with zero attached hydrogens (tertiary/aromatic N) is 1. The van der Waals surface area contributed by atoms with E-state index < -0.39 is 15.6 Å². The summed E-state index contributed by atoms with van der Waals surface area (Å²) in [6.45, 7) is 6.56. The van der Waals surface area contributed by atoms with Gasteiger partial charge in [-0.05, 0) is 33.1 Å². The quantitative estimate of drug-likeness (QED) is 0.710. The first kappa shape index (κ1) is 14.4. The lowest BCUT2D eigenvalue weighted by Gasteiger charge is -2.37. The third-order valence-corrected chi connectivity index (χ3v) is 3.81. The van der Waals surface area contributed by atoms with Gasteiger partial charge in [0.15, 0.2) is 0 Å². The second kappa shape index (κ2) is 4.94. The summed E-state index contributed by atoms with van der Waals surface area (Å²) in [7, 11) is -3.05. The van der Waals surface area contributed by atoms with E-state index in [-0.39, 0.29) is 11.9 Å². The van der Waals surface area contributed by atoms with Crippen LogP contribution in [-0.2, 0) is 19.6 Å². The first-order chi connectivity index (χ1) is 7.58. The molecule has 0 aliphatic carbocycles. The Labute approximate surface area is 103 Å². The predicted octanol–water partition coefficient (Wildman–Crippen LogP) is 1.000. The van der Waals surface area contributed by atoms with Crippen LogP contribution < -0.4 is 0 Å². The maximum Gasteiger partial charge on any atom is 0.306 e. The maximum atomic E-state index is 11.4.